The molecule has 0 saturated carbocycles. The maximum atomic E-state index is 12.6. The van der Waals surface area contributed by atoms with E-state index >= 15 is 0 Å². The molecule has 2 heterocycles. The van der Waals surface area contributed by atoms with E-state index in [0.717, 1.165) is 28.7 Å². The van der Waals surface area contributed by atoms with Crippen LogP contribution in [-0.2, 0) is 27.2 Å². The number of ether oxygens (including phenoxy) is 1. The highest BCUT2D eigenvalue weighted by atomic mass is 32.1. The molecule has 0 fully saturated rings. The van der Waals surface area contributed by atoms with E-state index in [2.05, 4.69) is 27.8 Å². The molecule has 10 heteroatoms. The SMILES string of the molecule is CCOC(=O)c1c(NC(=O)C(=O)NN=Cc2cc3ccccc3[nH]c2=O)sc2c1CCC(C)C2. The van der Waals surface area contributed by atoms with Crippen molar-refractivity contribution in [2.75, 3.05) is 11.9 Å². The van der Waals surface area contributed by atoms with Gasteiger partial charge in [0.25, 0.3) is 5.56 Å². The Morgan fingerprint density at radius 2 is 2.06 bits per heavy atom. The molecular formula is C24H24N4O5S. The summed E-state index contributed by atoms with van der Waals surface area (Å²) in [5.74, 6) is -2.04. The zero-order chi connectivity index (χ0) is 24.2. The van der Waals surface area contributed by atoms with Crippen molar-refractivity contribution in [3.63, 3.8) is 0 Å². The molecule has 0 radical (unpaired) electrons. The number of thiophene rings is 1. The number of hydrogen-bond donors (Lipinski definition) is 3. The lowest BCUT2D eigenvalue weighted by Crippen LogP contribution is -2.32. The van der Waals surface area contributed by atoms with Crippen molar-refractivity contribution in [3.05, 3.63) is 62.3 Å². The Kier molecular flexibility index (Phi) is 6.87. The summed E-state index contributed by atoms with van der Waals surface area (Å²) in [5.41, 5.74) is 3.85. The average molecular weight is 481 g/mol. The second-order valence-electron chi connectivity index (χ2n) is 8.07. The summed E-state index contributed by atoms with van der Waals surface area (Å²) in [6.07, 6.45) is 3.63. The Hall–Kier alpha value is -3.79. The van der Waals surface area contributed by atoms with E-state index in [9.17, 15) is 19.2 Å². The maximum absolute atomic E-state index is 12.6. The fraction of sp³-hybridized carbons (Fsp3) is 0.292. The van der Waals surface area contributed by atoms with Gasteiger partial charge in [0, 0.05) is 10.4 Å². The number of carbonyl (C=O) groups is 3. The first-order chi connectivity index (χ1) is 16.4. The lowest BCUT2D eigenvalue weighted by atomic mass is 9.88. The number of benzene rings is 1. The third-order valence-corrected chi connectivity index (χ3v) is 6.75. The van der Waals surface area contributed by atoms with Crippen molar-refractivity contribution in [2.24, 2.45) is 11.0 Å². The maximum Gasteiger partial charge on any atom is 0.341 e. The number of amides is 2. The minimum atomic E-state index is -1.02. The van der Waals surface area contributed by atoms with E-state index < -0.39 is 17.8 Å². The van der Waals surface area contributed by atoms with Crippen LogP contribution in [0.1, 0.15) is 46.6 Å². The summed E-state index contributed by atoms with van der Waals surface area (Å²) >= 11 is 1.29. The van der Waals surface area contributed by atoms with Gasteiger partial charge >= 0.3 is 17.8 Å². The number of H-pyrrole nitrogens is 1. The largest absolute Gasteiger partial charge is 0.462 e. The minimum absolute atomic E-state index is 0.205. The number of fused-ring (bicyclic) bond motifs is 2. The first-order valence-corrected chi connectivity index (χ1v) is 11.8. The van der Waals surface area contributed by atoms with E-state index in [4.69, 9.17) is 4.74 Å². The zero-order valence-corrected chi connectivity index (χ0v) is 19.6. The minimum Gasteiger partial charge on any atom is -0.462 e. The van der Waals surface area contributed by atoms with Crippen LogP contribution < -0.4 is 16.3 Å². The van der Waals surface area contributed by atoms with E-state index in [0.29, 0.717) is 28.4 Å². The fourth-order valence-corrected chi connectivity index (χ4v) is 5.28. The van der Waals surface area contributed by atoms with E-state index in [-0.39, 0.29) is 17.7 Å². The zero-order valence-electron chi connectivity index (χ0n) is 18.8. The number of hydrazone groups is 1. The smallest absolute Gasteiger partial charge is 0.341 e. The van der Waals surface area contributed by atoms with Crippen molar-refractivity contribution >= 4 is 51.2 Å². The first-order valence-electron chi connectivity index (χ1n) is 11.0. The molecule has 1 unspecified atom stereocenters. The molecule has 1 atom stereocenters. The molecule has 0 bridgehead atoms. The lowest BCUT2D eigenvalue weighted by Gasteiger charge is -2.18. The number of aromatic amines is 1. The number of nitrogens with one attached hydrogen (secondary N) is 3. The highest BCUT2D eigenvalue weighted by Crippen LogP contribution is 2.40. The third kappa shape index (κ3) is 4.91. The van der Waals surface area contributed by atoms with Crippen molar-refractivity contribution in [2.45, 2.75) is 33.1 Å². The number of nitrogens with zero attached hydrogens (tertiary/aromatic N) is 1. The van der Waals surface area contributed by atoms with Crippen molar-refractivity contribution < 1.29 is 19.1 Å². The molecule has 2 amide bonds. The number of anilines is 1. The van der Waals surface area contributed by atoms with Gasteiger partial charge in [-0.3, -0.25) is 14.4 Å². The van der Waals surface area contributed by atoms with Crippen LogP contribution in [-0.4, -0.2) is 35.6 Å². The van der Waals surface area contributed by atoms with Crippen LogP contribution in [0.25, 0.3) is 10.9 Å². The van der Waals surface area contributed by atoms with Gasteiger partial charge in [-0.15, -0.1) is 11.3 Å². The lowest BCUT2D eigenvalue weighted by molar-refractivity contribution is -0.136. The van der Waals surface area contributed by atoms with Gasteiger partial charge < -0.3 is 15.0 Å². The Morgan fingerprint density at radius 3 is 2.85 bits per heavy atom. The Bertz CT molecular complexity index is 1360. The van der Waals surface area contributed by atoms with Crippen LogP contribution in [0.4, 0.5) is 5.00 Å². The molecular weight excluding hydrogens is 456 g/mol. The van der Waals surface area contributed by atoms with Crippen LogP contribution in [0.15, 0.2) is 40.2 Å². The van der Waals surface area contributed by atoms with Gasteiger partial charge in [-0.1, -0.05) is 25.1 Å². The number of para-hydroxylation sites is 1. The van der Waals surface area contributed by atoms with Crippen LogP contribution in [0.5, 0.6) is 0 Å². The standard InChI is InChI=1S/C24H24N4O5S/c1-3-33-24(32)19-16-9-8-13(2)10-18(16)34-23(19)27-21(30)22(31)28-25-12-15-11-14-6-4-5-7-17(14)26-20(15)29/h4-7,11-13H,3,8-10H2,1-2H3,(H,26,29)(H,27,30)(H,28,31). The van der Waals surface area contributed by atoms with E-state index in [1.807, 2.05) is 18.2 Å². The van der Waals surface area contributed by atoms with Crippen LogP contribution >= 0.6 is 11.3 Å². The monoisotopic (exact) mass is 480 g/mol. The van der Waals surface area contributed by atoms with Gasteiger partial charge in [-0.25, -0.2) is 10.2 Å². The second kappa shape index (κ2) is 10.0. The molecule has 1 aliphatic carbocycles. The number of rotatable bonds is 5. The van der Waals surface area contributed by atoms with Crippen molar-refractivity contribution in [1.82, 2.24) is 10.4 Å². The highest BCUT2D eigenvalue weighted by Gasteiger charge is 2.30. The van der Waals surface area contributed by atoms with Gasteiger partial charge in [-0.2, -0.15) is 5.10 Å². The summed E-state index contributed by atoms with van der Waals surface area (Å²) in [5, 5.41) is 7.37. The Morgan fingerprint density at radius 1 is 1.26 bits per heavy atom. The summed E-state index contributed by atoms with van der Waals surface area (Å²) in [4.78, 5) is 53.3. The molecule has 0 spiro atoms. The number of carbonyl (C=O) groups excluding carboxylic acids is 3. The molecule has 176 valence electrons. The molecule has 0 saturated heterocycles. The summed E-state index contributed by atoms with van der Waals surface area (Å²) in [7, 11) is 0. The van der Waals surface area contributed by atoms with Gasteiger partial charge in [0.15, 0.2) is 0 Å². The highest BCUT2D eigenvalue weighted by molar-refractivity contribution is 7.17. The molecule has 3 aromatic rings. The second-order valence-corrected chi connectivity index (χ2v) is 9.18. The molecule has 1 aliphatic rings. The number of hydrogen-bond acceptors (Lipinski definition) is 7. The van der Waals surface area contributed by atoms with Gasteiger partial charge in [0.2, 0.25) is 0 Å². The number of pyridine rings is 1. The summed E-state index contributed by atoms with van der Waals surface area (Å²) in [6.45, 7) is 4.05. The van der Waals surface area contributed by atoms with Crippen molar-refractivity contribution in [1.29, 1.82) is 0 Å². The summed E-state index contributed by atoms with van der Waals surface area (Å²) < 4.78 is 5.18. The van der Waals surface area contributed by atoms with Gasteiger partial charge in [0.1, 0.15) is 5.00 Å². The Labute approximate surface area is 199 Å². The third-order valence-electron chi connectivity index (χ3n) is 5.58. The average Bonchev–Trinajstić information content (AvgIpc) is 3.16. The van der Waals surface area contributed by atoms with E-state index in [1.54, 1.807) is 19.1 Å². The topological polar surface area (TPSA) is 130 Å². The molecule has 9 nitrogen and oxygen atoms in total. The fourth-order valence-electron chi connectivity index (χ4n) is 3.89. The van der Waals surface area contributed by atoms with Gasteiger partial charge in [-0.05, 0) is 55.2 Å². The van der Waals surface area contributed by atoms with Crippen LogP contribution in [0.3, 0.4) is 0 Å². The van der Waals surface area contributed by atoms with Crippen molar-refractivity contribution in [3.8, 4) is 0 Å². The Balaban J connectivity index is 1.48. The molecule has 3 N–H and O–H groups in total. The molecule has 34 heavy (non-hydrogen) atoms. The molecule has 4 rings (SSSR count). The van der Waals surface area contributed by atoms with E-state index in [1.165, 1.54) is 17.6 Å². The molecule has 2 aromatic heterocycles. The molecule has 1 aromatic carbocycles. The number of esters is 1. The predicted molar refractivity (Wildman–Crippen MR) is 130 cm³/mol. The van der Waals surface area contributed by atoms with Gasteiger partial charge in [0.05, 0.1) is 23.9 Å². The molecule has 0 aliphatic heterocycles. The summed E-state index contributed by atoms with van der Waals surface area (Å²) in [6, 6.07) is 8.88. The normalized spacial score (nSPS) is 15.2. The first kappa shape index (κ1) is 23.4. The van der Waals surface area contributed by atoms with Crippen LogP contribution in [0.2, 0.25) is 0 Å². The quantitative estimate of drug-likeness (QED) is 0.224. The predicted octanol–water partition coefficient (Wildman–Crippen LogP) is 2.98. The van der Waals surface area contributed by atoms with Crippen LogP contribution in [0, 0.1) is 5.92 Å². The number of aromatic nitrogens is 1.